The van der Waals surface area contributed by atoms with Gasteiger partial charge in [0.25, 0.3) is 0 Å². The van der Waals surface area contributed by atoms with Crippen LogP contribution < -0.4 is 9.64 Å². The second kappa shape index (κ2) is 10.8. The molecule has 0 radical (unpaired) electrons. The van der Waals surface area contributed by atoms with Crippen molar-refractivity contribution in [2.24, 2.45) is 0 Å². The van der Waals surface area contributed by atoms with E-state index in [0.717, 1.165) is 49.5 Å². The summed E-state index contributed by atoms with van der Waals surface area (Å²) in [6.45, 7) is 0. The Hall–Kier alpha value is -6.94. The van der Waals surface area contributed by atoms with Gasteiger partial charge in [-0.15, -0.1) is 0 Å². The second-order valence-electron chi connectivity index (χ2n) is 12.4. The van der Waals surface area contributed by atoms with E-state index < -0.39 is 0 Å². The number of fused-ring (bicyclic) bond motifs is 20. The molecule has 8 aromatic rings. The highest BCUT2D eigenvalue weighted by Gasteiger charge is 2.23. The number of nitrogens with zero attached hydrogens (tertiary/aromatic N) is 7. The van der Waals surface area contributed by atoms with Crippen molar-refractivity contribution < 1.29 is 4.74 Å². The van der Waals surface area contributed by atoms with Gasteiger partial charge in [0, 0.05) is 64.3 Å². The van der Waals surface area contributed by atoms with E-state index in [1.165, 1.54) is 0 Å². The van der Waals surface area contributed by atoms with Crippen molar-refractivity contribution in [2.75, 3.05) is 19.0 Å². The van der Waals surface area contributed by atoms with Crippen LogP contribution in [0.1, 0.15) is 0 Å². The summed E-state index contributed by atoms with van der Waals surface area (Å²) >= 11 is 0. The van der Waals surface area contributed by atoms with Gasteiger partial charge in [-0.3, -0.25) is 0 Å². The van der Waals surface area contributed by atoms with Gasteiger partial charge in [0.15, 0.2) is 23.3 Å². The van der Waals surface area contributed by atoms with Gasteiger partial charge >= 0.3 is 0 Å². The van der Waals surface area contributed by atoms with E-state index in [-0.39, 0.29) is 0 Å². The molecule has 50 heavy (non-hydrogen) atoms. The lowest BCUT2D eigenvalue weighted by molar-refractivity contribution is 0.488. The van der Waals surface area contributed by atoms with Crippen molar-refractivity contribution >= 4 is 49.8 Å². The minimum atomic E-state index is 0.541. The molecule has 0 saturated heterocycles. The Morgan fingerprint density at radius 1 is 0.460 bits per heavy atom. The summed E-state index contributed by atoms with van der Waals surface area (Å²) in [4.78, 5) is 39.5. The quantitative estimate of drug-likeness (QED) is 0.195. The fourth-order valence-electron chi connectivity index (χ4n) is 6.70. The van der Waals surface area contributed by atoms with Gasteiger partial charge in [0.2, 0.25) is 0 Å². The van der Waals surface area contributed by atoms with Crippen molar-refractivity contribution in [1.29, 1.82) is 0 Å². The van der Waals surface area contributed by atoms with Crippen molar-refractivity contribution in [3.8, 4) is 57.1 Å². The lowest BCUT2D eigenvalue weighted by Gasteiger charge is -2.14. The molecule has 10 heteroatoms. The van der Waals surface area contributed by atoms with Gasteiger partial charge in [-0.2, -0.15) is 0 Å². The molecule has 10 nitrogen and oxygen atoms in total. The average molecular weight is 650 g/mol. The number of aromatic nitrogens is 8. The highest BCUT2D eigenvalue weighted by Crippen LogP contribution is 2.39. The van der Waals surface area contributed by atoms with Gasteiger partial charge in [-0.25, -0.2) is 29.9 Å². The van der Waals surface area contributed by atoms with Crippen LogP contribution in [0.3, 0.4) is 0 Å². The minimum Gasteiger partial charge on any atom is -0.456 e. The molecule has 0 unspecified atom stereocenters. The number of benzene rings is 5. The van der Waals surface area contributed by atoms with E-state index in [1.807, 2.05) is 134 Å². The standard InChI is InChI=1S/C40H27N9O/c1-49(2)22-11-9-12-23(21-22)50-31-20-10-19-30-32(31)40-47-38-29-18-8-7-17-28(29)36(45-38)43-34-25-14-4-3-13-24(25)33(41-34)42-35-26-15-5-6-16-27(26)37(44-35)46-39(30)48-40/h3-21H,1-2H3,(H2,41,42,43,44,45,46,47,48). The highest BCUT2D eigenvalue weighted by molar-refractivity contribution is 6.10. The summed E-state index contributed by atoms with van der Waals surface area (Å²) in [6, 6.07) is 38.0. The van der Waals surface area contributed by atoms with Crippen LogP contribution in [-0.2, 0) is 0 Å². The minimum absolute atomic E-state index is 0.541. The van der Waals surface area contributed by atoms with Crippen LogP contribution in [0.5, 0.6) is 11.5 Å². The van der Waals surface area contributed by atoms with Crippen LogP contribution in [0.4, 0.5) is 5.69 Å². The summed E-state index contributed by atoms with van der Waals surface area (Å²) < 4.78 is 6.60. The molecule has 0 spiro atoms. The molecule has 0 amide bonds. The fraction of sp³-hybridized carbons (Fsp3) is 0.0500. The zero-order valence-corrected chi connectivity index (χ0v) is 27.0. The fourth-order valence-corrected chi connectivity index (χ4v) is 6.70. The Morgan fingerprint density at radius 2 is 0.940 bits per heavy atom. The van der Waals surface area contributed by atoms with Gasteiger partial charge in [0.1, 0.15) is 34.1 Å². The predicted octanol–water partition coefficient (Wildman–Crippen LogP) is 8.73. The Balaban J connectivity index is 1.34. The molecule has 8 bridgehead atoms. The number of aromatic amines is 2. The molecule has 2 aliphatic heterocycles. The van der Waals surface area contributed by atoms with Crippen molar-refractivity contribution in [1.82, 2.24) is 39.9 Å². The van der Waals surface area contributed by atoms with E-state index in [4.69, 9.17) is 34.6 Å². The van der Waals surface area contributed by atoms with Crippen LogP contribution in [-0.4, -0.2) is 54.0 Å². The third-order valence-electron chi connectivity index (χ3n) is 9.10. The van der Waals surface area contributed by atoms with Gasteiger partial charge in [0.05, 0.1) is 5.39 Å². The molecule has 0 fully saturated rings. The van der Waals surface area contributed by atoms with Gasteiger partial charge < -0.3 is 19.6 Å². The van der Waals surface area contributed by atoms with Crippen LogP contribution >= 0.6 is 0 Å². The van der Waals surface area contributed by atoms with E-state index in [0.29, 0.717) is 57.4 Å². The van der Waals surface area contributed by atoms with Crippen molar-refractivity contribution in [2.45, 2.75) is 0 Å². The lowest BCUT2D eigenvalue weighted by atomic mass is 10.1. The molecule has 5 heterocycles. The Morgan fingerprint density at radius 3 is 1.54 bits per heavy atom. The molecular formula is C40H27N9O. The topological polar surface area (TPSA) is 121 Å². The maximum atomic E-state index is 6.60. The van der Waals surface area contributed by atoms with E-state index >= 15 is 0 Å². The number of nitrogens with one attached hydrogen (secondary N) is 2. The normalized spacial score (nSPS) is 11.8. The first-order valence-corrected chi connectivity index (χ1v) is 16.3. The summed E-state index contributed by atoms with van der Waals surface area (Å²) in [6.07, 6.45) is 0. The number of hydrogen-bond acceptors (Lipinski definition) is 8. The maximum absolute atomic E-state index is 6.60. The lowest BCUT2D eigenvalue weighted by Crippen LogP contribution is -2.08. The first-order valence-electron chi connectivity index (χ1n) is 16.3. The third-order valence-corrected chi connectivity index (χ3v) is 9.10. The van der Waals surface area contributed by atoms with Crippen LogP contribution in [0, 0.1) is 0 Å². The SMILES string of the molecule is CN(C)c1cccc(Oc2cccc3c4nc5nc(nc6nc(nc7[nH]c(nc([nH]4)c23)c2ccccc72)-c2ccccc2-6)-c2ccccc2-5)c1. The predicted molar refractivity (Wildman–Crippen MR) is 197 cm³/mol. The number of hydrogen-bond donors (Lipinski definition) is 2. The van der Waals surface area contributed by atoms with Gasteiger partial charge in [-0.1, -0.05) is 91.0 Å². The molecule has 238 valence electrons. The number of rotatable bonds is 3. The number of ether oxygens (including phenoxy) is 1. The molecule has 2 aliphatic rings. The second-order valence-corrected chi connectivity index (χ2v) is 12.4. The Bertz CT molecular complexity index is 2850. The summed E-state index contributed by atoms with van der Waals surface area (Å²) in [5.74, 6) is 3.55. The monoisotopic (exact) mass is 649 g/mol. The molecule has 10 rings (SSSR count). The first kappa shape index (κ1) is 28.1. The van der Waals surface area contributed by atoms with Crippen LogP contribution in [0.15, 0.2) is 115 Å². The zero-order valence-electron chi connectivity index (χ0n) is 27.0. The highest BCUT2D eigenvalue weighted by atomic mass is 16.5. The smallest absolute Gasteiger partial charge is 0.164 e. The largest absolute Gasteiger partial charge is 0.456 e. The van der Waals surface area contributed by atoms with E-state index in [1.54, 1.807) is 0 Å². The molecule has 0 aliphatic carbocycles. The number of H-pyrrole nitrogens is 2. The van der Waals surface area contributed by atoms with Crippen molar-refractivity contribution in [3.63, 3.8) is 0 Å². The Kier molecular flexibility index (Phi) is 6.07. The summed E-state index contributed by atoms with van der Waals surface area (Å²) in [5, 5.41) is 3.47. The van der Waals surface area contributed by atoms with E-state index in [2.05, 4.69) is 9.97 Å². The molecule has 0 atom stereocenters. The third kappa shape index (κ3) is 4.42. The zero-order chi connectivity index (χ0) is 33.3. The van der Waals surface area contributed by atoms with E-state index in [9.17, 15) is 0 Å². The molecule has 0 saturated carbocycles. The maximum Gasteiger partial charge on any atom is 0.164 e. The first-order chi connectivity index (χ1) is 24.6. The summed E-state index contributed by atoms with van der Waals surface area (Å²) in [7, 11) is 4.02. The molecular weight excluding hydrogens is 623 g/mol. The summed E-state index contributed by atoms with van der Waals surface area (Å²) in [5.41, 5.74) is 7.07. The Labute approximate surface area is 285 Å². The van der Waals surface area contributed by atoms with Gasteiger partial charge in [-0.05, 0) is 18.2 Å². The van der Waals surface area contributed by atoms with Crippen LogP contribution in [0.2, 0.25) is 0 Å². The average Bonchev–Trinajstić information content (AvgIpc) is 3.88. The molecule has 2 N–H and O–H groups in total. The molecule has 5 aromatic carbocycles. The van der Waals surface area contributed by atoms with Crippen molar-refractivity contribution in [3.05, 3.63) is 115 Å². The number of anilines is 1. The molecule has 3 aromatic heterocycles. The van der Waals surface area contributed by atoms with Crippen LogP contribution in [0.25, 0.3) is 89.7 Å².